The lowest BCUT2D eigenvalue weighted by atomic mass is 10.2. The molecule has 0 aromatic heterocycles. The average molecular weight is 531 g/mol. The number of halogens is 3. The predicted octanol–water partition coefficient (Wildman–Crippen LogP) is 5.36. The van der Waals surface area contributed by atoms with Crippen LogP contribution >= 0.6 is 43.5 Å². The van der Waals surface area contributed by atoms with Gasteiger partial charge >= 0.3 is 0 Å². The summed E-state index contributed by atoms with van der Waals surface area (Å²) in [6, 6.07) is 9.26. The van der Waals surface area contributed by atoms with Gasteiger partial charge in [-0.2, -0.15) is 0 Å². The summed E-state index contributed by atoms with van der Waals surface area (Å²) in [5, 5.41) is 3.49. The van der Waals surface area contributed by atoms with E-state index in [9.17, 15) is 4.79 Å². The first-order valence-electron chi connectivity index (χ1n) is 8.62. The van der Waals surface area contributed by atoms with Crippen molar-refractivity contribution in [3.05, 3.63) is 55.9 Å². The fraction of sp³-hybridized carbons (Fsp3) is 0.250. The van der Waals surface area contributed by atoms with Crippen LogP contribution in [0.4, 0.5) is 11.4 Å². The number of hydrogen-bond acceptors (Lipinski definition) is 4. The maximum atomic E-state index is 12.6. The highest BCUT2D eigenvalue weighted by Crippen LogP contribution is 2.34. The van der Waals surface area contributed by atoms with Gasteiger partial charge in [-0.15, -0.1) is 0 Å². The minimum atomic E-state index is -0.255. The summed E-state index contributed by atoms with van der Waals surface area (Å²) in [7, 11) is 1.59. The molecule has 8 heteroatoms. The first-order valence-corrected chi connectivity index (χ1v) is 10.6. The quantitative estimate of drug-likeness (QED) is 0.529. The second-order valence-corrected chi connectivity index (χ2v) is 8.30. The highest BCUT2D eigenvalue weighted by Gasteiger charge is 2.16. The van der Waals surface area contributed by atoms with E-state index in [1.54, 1.807) is 19.3 Å². The summed E-state index contributed by atoms with van der Waals surface area (Å²) >= 11 is 13.1. The van der Waals surface area contributed by atoms with Gasteiger partial charge in [0.15, 0.2) is 0 Å². The summed E-state index contributed by atoms with van der Waals surface area (Å²) in [5.74, 6) is 0.402. The minimum absolute atomic E-state index is 0.255. The van der Waals surface area contributed by atoms with Crippen LogP contribution in [0.2, 0.25) is 5.02 Å². The second-order valence-electron chi connectivity index (χ2n) is 6.09. The Bertz CT molecular complexity index is 899. The van der Waals surface area contributed by atoms with E-state index in [0.29, 0.717) is 29.7 Å². The Kier molecular flexibility index (Phi) is 7.40. The van der Waals surface area contributed by atoms with Crippen molar-refractivity contribution in [1.29, 1.82) is 0 Å². The number of carbonyl (C=O) groups excluding carboxylic acids is 1. The van der Waals surface area contributed by atoms with Gasteiger partial charge in [-0.1, -0.05) is 27.5 Å². The lowest BCUT2D eigenvalue weighted by Crippen LogP contribution is -2.36. The SMILES string of the molecule is COc1c(Br)cc(Br)cc1C=CC(=O)Nc1cc(Cl)ccc1N1CCOCC1. The first kappa shape index (κ1) is 21.2. The van der Waals surface area contributed by atoms with Crippen LogP contribution < -0.4 is 15.0 Å². The summed E-state index contributed by atoms with van der Waals surface area (Å²) in [4.78, 5) is 14.7. The number of amides is 1. The van der Waals surface area contributed by atoms with E-state index in [4.69, 9.17) is 21.1 Å². The molecule has 2 aromatic carbocycles. The molecule has 0 saturated carbocycles. The molecule has 1 amide bonds. The summed E-state index contributed by atoms with van der Waals surface area (Å²) in [6.45, 7) is 2.86. The smallest absolute Gasteiger partial charge is 0.248 e. The van der Waals surface area contributed by atoms with Gasteiger partial charge in [0.05, 0.1) is 36.2 Å². The predicted molar refractivity (Wildman–Crippen MR) is 121 cm³/mol. The third-order valence-corrected chi connectivity index (χ3v) is 5.51. The van der Waals surface area contributed by atoms with Gasteiger partial charge in [0.1, 0.15) is 5.75 Å². The maximum Gasteiger partial charge on any atom is 0.248 e. The van der Waals surface area contributed by atoms with Crippen LogP contribution in [0.15, 0.2) is 45.4 Å². The molecule has 5 nitrogen and oxygen atoms in total. The largest absolute Gasteiger partial charge is 0.495 e. The number of carbonyl (C=O) groups is 1. The number of methoxy groups -OCH3 is 1. The molecule has 148 valence electrons. The Balaban J connectivity index is 1.80. The number of rotatable bonds is 5. The third kappa shape index (κ3) is 5.29. The number of ether oxygens (including phenoxy) is 2. The molecule has 0 bridgehead atoms. The van der Waals surface area contributed by atoms with Crippen LogP contribution in [0.25, 0.3) is 6.08 Å². The van der Waals surface area contributed by atoms with Gasteiger partial charge < -0.3 is 19.7 Å². The van der Waals surface area contributed by atoms with E-state index in [0.717, 1.165) is 33.3 Å². The molecule has 0 radical (unpaired) electrons. The topological polar surface area (TPSA) is 50.8 Å². The lowest BCUT2D eigenvalue weighted by Gasteiger charge is -2.30. The molecule has 0 aliphatic carbocycles. The minimum Gasteiger partial charge on any atom is -0.495 e. The second kappa shape index (κ2) is 9.78. The van der Waals surface area contributed by atoms with E-state index in [2.05, 4.69) is 42.1 Å². The molecule has 1 aliphatic heterocycles. The lowest BCUT2D eigenvalue weighted by molar-refractivity contribution is -0.111. The van der Waals surface area contributed by atoms with E-state index in [1.165, 1.54) is 6.08 Å². The fourth-order valence-electron chi connectivity index (χ4n) is 2.95. The highest BCUT2D eigenvalue weighted by molar-refractivity contribution is 9.11. The van der Waals surface area contributed by atoms with Crippen LogP contribution in [0.1, 0.15) is 5.56 Å². The summed E-state index contributed by atoms with van der Waals surface area (Å²) < 4.78 is 12.5. The molecular formula is C20H19Br2ClN2O3. The van der Waals surface area contributed by atoms with E-state index >= 15 is 0 Å². The number of nitrogens with one attached hydrogen (secondary N) is 1. The molecule has 2 aromatic rings. The van der Waals surface area contributed by atoms with Crippen molar-refractivity contribution in [2.75, 3.05) is 43.6 Å². The van der Waals surface area contributed by atoms with Crippen LogP contribution in [0.5, 0.6) is 5.75 Å². The van der Waals surface area contributed by atoms with Crippen LogP contribution in [0, 0.1) is 0 Å². The number of morpholine rings is 1. The van der Waals surface area contributed by atoms with Crippen LogP contribution in [-0.2, 0) is 9.53 Å². The number of benzene rings is 2. The van der Waals surface area contributed by atoms with Crippen molar-refractivity contribution < 1.29 is 14.3 Å². The van der Waals surface area contributed by atoms with Crippen molar-refractivity contribution in [2.45, 2.75) is 0 Å². The van der Waals surface area contributed by atoms with Gasteiger partial charge in [0, 0.05) is 34.2 Å². The molecule has 0 spiro atoms. The molecule has 1 fully saturated rings. The van der Waals surface area contributed by atoms with Gasteiger partial charge in [-0.05, 0) is 52.3 Å². The zero-order chi connectivity index (χ0) is 20.1. The fourth-order valence-corrected chi connectivity index (χ4v) is 4.54. The maximum absolute atomic E-state index is 12.6. The molecule has 1 N–H and O–H groups in total. The number of nitrogens with zero attached hydrogens (tertiary/aromatic N) is 1. The third-order valence-electron chi connectivity index (χ3n) is 4.22. The van der Waals surface area contributed by atoms with E-state index in [-0.39, 0.29) is 5.91 Å². The number of hydrogen-bond donors (Lipinski definition) is 1. The Labute approximate surface area is 185 Å². The summed E-state index contributed by atoms with van der Waals surface area (Å²) in [5.41, 5.74) is 2.38. The van der Waals surface area contributed by atoms with Crippen LogP contribution in [-0.4, -0.2) is 39.3 Å². The molecular weight excluding hydrogens is 511 g/mol. The van der Waals surface area contributed by atoms with Gasteiger partial charge in [0.2, 0.25) is 5.91 Å². The summed E-state index contributed by atoms with van der Waals surface area (Å²) in [6.07, 6.45) is 3.18. The zero-order valence-electron chi connectivity index (χ0n) is 15.2. The van der Waals surface area contributed by atoms with Crippen molar-refractivity contribution >= 4 is 66.8 Å². The molecule has 0 unspecified atom stereocenters. The van der Waals surface area contributed by atoms with Crippen molar-refractivity contribution in [2.24, 2.45) is 0 Å². The Morgan fingerprint density at radius 2 is 2.00 bits per heavy atom. The Morgan fingerprint density at radius 3 is 2.71 bits per heavy atom. The molecule has 0 atom stereocenters. The van der Waals surface area contributed by atoms with E-state index < -0.39 is 0 Å². The Hall–Kier alpha value is -1.54. The van der Waals surface area contributed by atoms with Crippen molar-refractivity contribution in [3.8, 4) is 5.75 Å². The normalized spacial score (nSPS) is 14.4. The standard InChI is InChI=1S/C20H19Br2ClN2O3/c1-27-20-13(10-14(21)11-16(20)22)2-5-19(26)24-17-12-15(23)3-4-18(17)25-6-8-28-9-7-25/h2-5,10-12H,6-9H2,1H3,(H,24,26). The van der Waals surface area contributed by atoms with Crippen LogP contribution in [0.3, 0.4) is 0 Å². The monoisotopic (exact) mass is 528 g/mol. The highest BCUT2D eigenvalue weighted by atomic mass is 79.9. The molecule has 3 rings (SSSR count). The van der Waals surface area contributed by atoms with Crippen molar-refractivity contribution in [1.82, 2.24) is 0 Å². The Morgan fingerprint density at radius 1 is 1.25 bits per heavy atom. The van der Waals surface area contributed by atoms with E-state index in [1.807, 2.05) is 24.3 Å². The average Bonchev–Trinajstić information content (AvgIpc) is 2.67. The number of anilines is 2. The van der Waals surface area contributed by atoms with Gasteiger partial charge in [0.25, 0.3) is 0 Å². The van der Waals surface area contributed by atoms with Gasteiger partial charge in [-0.25, -0.2) is 0 Å². The molecule has 1 heterocycles. The zero-order valence-corrected chi connectivity index (χ0v) is 19.1. The molecule has 1 saturated heterocycles. The molecule has 1 aliphatic rings. The molecule has 28 heavy (non-hydrogen) atoms. The van der Waals surface area contributed by atoms with Gasteiger partial charge in [-0.3, -0.25) is 4.79 Å². The first-order chi connectivity index (χ1) is 13.5. The van der Waals surface area contributed by atoms with Crippen molar-refractivity contribution in [3.63, 3.8) is 0 Å².